The maximum absolute atomic E-state index is 13.8. The fourth-order valence-electron chi connectivity index (χ4n) is 2.51. The molecule has 3 heteroatoms. The number of nitrogens with two attached hydrogens (primary N) is 1. The van der Waals surface area contributed by atoms with Gasteiger partial charge in [-0.05, 0) is 56.4 Å². The van der Waals surface area contributed by atoms with Gasteiger partial charge < -0.3 is 10.6 Å². The quantitative estimate of drug-likeness (QED) is 0.843. The van der Waals surface area contributed by atoms with Crippen LogP contribution in [0.25, 0.3) is 0 Å². The molecule has 1 aliphatic rings. The van der Waals surface area contributed by atoms with E-state index in [1.807, 2.05) is 19.9 Å². The summed E-state index contributed by atoms with van der Waals surface area (Å²) in [6, 6.07) is 4.10. The average molecular weight is 264 g/mol. The van der Waals surface area contributed by atoms with Crippen LogP contribution in [0.15, 0.2) is 12.1 Å². The Morgan fingerprint density at radius 3 is 2.63 bits per heavy atom. The van der Waals surface area contributed by atoms with Gasteiger partial charge in [0.2, 0.25) is 0 Å². The second-order valence-corrected chi connectivity index (χ2v) is 5.73. The first kappa shape index (κ1) is 14.3. The van der Waals surface area contributed by atoms with Gasteiger partial charge in [0.1, 0.15) is 5.82 Å². The van der Waals surface area contributed by atoms with E-state index in [1.54, 1.807) is 6.07 Å². The van der Waals surface area contributed by atoms with Crippen molar-refractivity contribution in [2.45, 2.75) is 58.5 Å². The van der Waals surface area contributed by atoms with E-state index in [0.29, 0.717) is 11.6 Å². The minimum atomic E-state index is -0.151. The predicted molar refractivity (Wildman–Crippen MR) is 79.0 cm³/mol. The van der Waals surface area contributed by atoms with Crippen molar-refractivity contribution in [1.82, 2.24) is 0 Å². The lowest BCUT2D eigenvalue weighted by Gasteiger charge is -2.29. The lowest BCUT2D eigenvalue weighted by atomic mass is 10.0. The minimum Gasteiger partial charge on any atom is -0.368 e. The molecule has 0 aromatic heterocycles. The fourth-order valence-corrected chi connectivity index (χ4v) is 2.51. The van der Waals surface area contributed by atoms with Crippen molar-refractivity contribution in [3.8, 4) is 0 Å². The first-order chi connectivity index (χ1) is 9.04. The molecular weight excluding hydrogens is 239 g/mol. The van der Waals surface area contributed by atoms with Crippen LogP contribution < -0.4 is 10.6 Å². The van der Waals surface area contributed by atoms with Crippen LogP contribution in [0, 0.1) is 12.7 Å². The summed E-state index contributed by atoms with van der Waals surface area (Å²) >= 11 is 0. The highest BCUT2D eigenvalue weighted by atomic mass is 19.1. The molecule has 1 aliphatic carbocycles. The van der Waals surface area contributed by atoms with E-state index in [0.717, 1.165) is 17.8 Å². The number of nitrogens with zero attached hydrogens (tertiary/aromatic N) is 1. The van der Waals surface area contributed by atoms with Crippen LogP contribution in [0.4, 0.5) is 10.1 Å². The van der Waals surface area contributed by atoms with Crippen molar-refractivity contribution >= 4 is 5.69 Å². The molecule has 0 aliphatic heterocycles. The van der Waals surface area contributed by atoms with E-state index in [-0.39, 0.29) is 11.9 Å². The summed E-state index contributed by atoms with van der Waals surface area (Å²) in [4.78, 5) is 2.44. The van der Waals surface area contributed by atoms with Crippen LogP contribution in [0.3, 0.4) is 0 Å². The smallest absolute Gasteiger partial charge is 0.126 e. The number of unbranched alkanes of at least 4 members (excludes halogenated alkanes) is 1. The minimum absolute atomic E-state index is 0.132. The third kappa shape index (κ3) is 3.27. The SMILES string of the molecule is CCCCN(c1cc(C)c(F)cc1[C@@H](C)N)C1CC1. The maximum atomic E-state index is 13.8. The van der Waals surface area contributed by atoms with Gasteiger partial charge in [-0.25, -0.2) is 4.39 Å². The topological polar surface area (TPSA) is 29.3 Å². The third-order valence-electron chi connectivity index (χ3n) is 3.85. The van der Waals surface area contributed by atoms with Gasteiger partial charge in [0, 0.05) is 24.3 Å². The Bertz CT molecular complexity index is 439. The Kier molecular flexibility index (Phi) is 4.46. The van der Waals surface area contributed by atoms with Gasteiger partial charge in [-0.1, -0.05) is 13.3 Å². The Labute approximate surface area is 115 Å². The number of aryl methyl sites for hydroxylation is 1. The zero-order chi connectivity index (χ0) is 14.0. The summed E-state index contributed by atoms with van der Waals surface area (Å²) in [5, 5.41) is 0. The predicted octanol–water partition coefficient (Wildman–Crippen LogP) is 3.92. The number of halogens is 1. The van der Waals surface area contributed by atoms with E-state index < -0.39 is 0 Å². The Morgan fingerprint density at radius 2 is 2.11 bits per heavy atom. The normalized spacial score (nSPS) is 16.5. The molecule has 1 fully saturated rings. The molecular formula is C16H25FN2. The molecule has 0 bridgehead atoms. The standard InChI is InChI=1S/C16H25FN2/c1-4-5-8-19(13-6-7-13)16-9-11(2)15(17)10-14(16)12(3)18/h9-10,12-13H,4-8,18H2,1-3H3/t12-/m1/s1. The van der Waals surface area contributed by atoms with Gasteiger partial charge in [-0.15, -0.1) is 0 Å². The largest absolute Gasteiger partial charge is 0.368 e. The van der Waals surface area contributed by atoms with Crippen molar-refractivity contribution in [3.63, 3.8) is 0 Å². The Hall–Kier alpha value is -1.09. The van der Waals surface area contributed by atoms with E-state index in [4.69, 9.17) is 5.73 Å². The number of hydrogen-bond donors (Lipinski definition) is 1. The van der Waals surface area contributed by atoms with E-state index in [2.05, 4.69) is 11.8 Å². The maximum Gasteiger partial charge on any atom is 0.126 e. The summed E-state index contributed by atoms with van der Waals surface area (Å²) in [5.41, 5.74) is 8.82. The molecule has 0 spiro atoms. The summed E-state index contributed by atoms with van der Waals surface area (Å²) in [5.74, 6) is -0.151. The first-order valence-corrected chi connectivity index (χ1v) is 7.36. The third-order valence-corrected chi connectivity index (χ3v) is 3.85. The molecule has 1 saturated carbocycles. The van der Waals surface area contributed by atoms with Crippen LogP contribution in [0.5, 0.6) is 0 Å². The Balaban J connectivity index is 2.36. The molecule has 1 aromatic carbocycles. The zero-order valence-corrected chi connectivity index (χ0v) is 12.2. The lowest BCUT2D eigenvalue weighted by Crippen LogP contribution is -2.29. The molecule has 2 rings (SSSR count). The summed E-state index contributed by atoms with van der Waals surface area (Å²) in [7, 11) is 0. The molecule has 0 amide bonds. The van der Waals surface area contributed by atoms with Gasteiger partial charge in [0.15, 0.2) is 0 Å². The highest BCUT2D eigenvalue weighted by molar-refractivity contribution is 5.58. The van der Waals surface area contributed by atoms with Gasteiger partial charge in [0.25, 0.3) is 0 Å². The summed E-state index contributed by atoms with van der Waals surface area (Å²) < 4.78 is 13.8. The summed E-state index contributed by atoms with van der Waals surface area (Å²) in [6.45, 7) is 7.01. The number of benzene rings is 1. The molecule has 0 unspecified atom stereocenters. The van der Waals surface area contributed by atoms with Gasteiger partial charge in [0.05, 0.1) is 0 Å². The van der Waals surface area contributed by atoms with E-state index in [1.165, 1.54) is 25.7 Å². The molecule has 19 heavy (non-hydrogen) atoms. The monoisotopic (exact) mass is 264 g/mol. The van der Waals surface area contributed by atoms with Gasteiger partial charge in [-0.2, -0.15) is 0 Å². The number of hydrogen-bond acceptors (Lipinski definition) is 2. The zero-order valence-electron chi connectivity index (χ0n) is 12.2. The van der Waals surface area contributed by atoms with Gasteiger partial charge >= 0.3 is 0 Å². The van der Waals surface area contributed by atoms with E-state index in [9.17, 15) is 4.39 Å². The Morgan fingerprint density at radius 1 is 1.42 bits per heavy atom. The van der Waals surface area contributed by atoms with Crippen LogP contribution in [0.2, 0.25) is 0 Å². The second-order valence-electron chi connectivity index (χ2n) is 5.73. The molecule has 0 heterocycles. The molecule has 1 atom stereocenters. The highest BCUT2D eigenvalue weighted by Crippen LogP contribution is 2.36. The summed E-state index contributed by atoms with van der Waals surface area (Å²) in [6.07, 6.45) is 4.85. The van der Waals surface area contributed by atoms with Crippen LogP contribution in [0.1, 0.15) is 56.7 Å². The number of anilines is 1. The van der Waals surface area contributed by atoms with Crippen molar-refractivity contribution < 1.29 is 4.39 Å². The van der Waals surface area contributed by atoms with Crippen LogP contribution >= 0.6 is 0 Å². The fraction of sp³-hybridized carbons (Fsp3) is 0.625. The van der Waals surface area contributed by atoms with E-state index >= 15 is 0 Å². The molecule has 0 saturated heterocycles. The molecule has 2 nitrogen and oxygen atoms in total. The van der Waals surface area contributed by atoms with Crippen molar-refractivity contribution in [2.75, 3.05) is 11.4 Å². The lowest BCUT2D eigenvalue weighted by molar-refractivity contribution is 0.611. The highest BCUT2D eigenvalue weighted by Gasteiger charge is 2.30. The molecule has 1 aromatic rings. The average Bonchev–Trinajstić information content (AvgIpc) is 3.17. The van der Waals surface area contributed by atoms with Crippen LogP contribution in [-0.4, -0.2) is 12.6 Å². The first-order valence-electron chi connectivity index (χ1n) is 7.36. The van der Waals surface area contributed by atoms with Crippen LogP contribution in [-0.2, 0) is 0 Å². The van der Waals surface area contributed by atoms with Crippen molar-refractivity contribution in [2.24, 2.45) is 5.73 Å². The van der Waals surface area contributed by atoms with Crippen molar-refractivity contribution in [3.05, 3.63) is 29.1 Å². The molecule has 0 radical (unpaired) electrons. The van der Waals surface area contributed by atoms with Gasteiger partial charge in [-0.3, -0.25) is 0 Å². The van der Waals surface area contributed by atoms with Crippen molar-refractivity contribution in [1.29, 1.82) is 0 Å². The second kappa shape index (κ2) is 5.91. The molecule has 106 valence electrons. The molecule has 2 N–H and O–H groups in total. The number of rotatable bonds is 6.